The summed E-state index contributed by atoms with van der Waals surface area (Å²) >= 11 is 12.6. The Kier molecular flexibility index (Phi) is 9.79. The average Bonchev–Trinajstić information content (AvgIpc) is 2.76. The van der Waals surface area contributed by atoms with Crippen molar-refractivity contribution in [3.63, 3.8) is 0 Å². The highest BCUT2D eigenvalue weighted by Gasteiger charge is 2.27. The van der Waals surface area contributed by atoms with E-state index in [0.717, 1.165) is 17.4 Å². The zero-order valence-corrected chi connectivity index (χ0v) is 22.4. The minimum Gasteiger partial charge on any atom is -0.357 e. The number of halogens is 2. The lowest BCUT2D eigenvalue weighted by atomic mass is 10.1. The van der Waals surface area contributed by atoms with Gasteiger partial charge in [0.2, 0.25) is 21.8 Å². The summed E-state index contributed by atoms with van der Waals surface area (Å²) in [6.45, 7) is 5.68. The molecule has 0 spiro atoms. The van der Waals surface area contributed by atoms with Crippen LogP contribution >= 0.6 is 23.2 Å². The number of sulfonamides is 1. The molecule has 0 fully saturated rings. The molecule has 7 nitrogen and oxygen atoms in total. The lowest BCUT2D eigenvalue weighted by molar-refractivity contribution is -0.140. The first-order valence-electron chi connectivity index (χ1n) is 10.9. The highest BCUT2D eigenvalue weighted by atomic mass is 35.5. The van der Waals surface area contributed by atoms with Crippen LogP contribution in [0.4, 0.5) is 5.69 Å². The first-order valence-corrected chi connectivity index (χ1v) is 13.5. The zero-order chi connectivity index (χ0) is 25.6. The average molecular weight is 529 g/mol. The quantitative estimate of drug-likeness (QED) is 0.498. The summed E-state index contributed by atoms with van der Waals surface area (Å²) in [5, 5.41) is 3.35. The van der Waals surface area contributed by atoms with Gasteiger partial charge in [0.05, 0.1) is 11.9 Å². The number of hydrogen-bond donors (Lipinski definition) is 1. The molecule has 1 unspecified atom stereocenters. The van der Waals surface area contributed by atoms with E-state index in [2.05, 4.69) is 5.32 Å². The molecule has 1 atom stereocenters. The second kappa shape index (κ2) is 11.9. The van der Waals surface area contributed by atoms with Gasteiger partial charge in [-0.15, -0.1) is 0 Å². The maximum absolute atomic E-state index is 13.2. The van der Waals surface area contributed by atoms with Gasteiger partial charge in [-0.1, -0.05) is 35.3 Å². The molecule has 186 valence electrons. The van der Waals surface area contributed by atoms with E-state index in [1.54, 1.807) is 31.2 Å². The Balaban J connectivity index is 2.21. The molecular weight excluding hydrogens is 497 g/mol. The number of anilines is 1. The molecule has 0 aliphatic rings. The molecule has 0 aliphatic carbocycles. The fourth-order valence-electron chi connectivity index (χ4n) is 3.53. The summed E-state index contributed by atoms with van der Waals surface area (Å²) in [7, 11) is -2.05. The van der Waals surface area contributed by atoms with Crippen molar-refractivity contribution < 1.29 is 18.0 Å². The van der Waals surface area contributed by atoms with Crippen molar-refractivity contribution in [3.8, 4) is 0 Å². The van der Waals surface area contributed by atoms with Crippen LogP contribution in [-0.2, 0) is 26.2 Å². The third-order valence-corrected chi connectivity index (χ3v) is 7.64. The van der Waals surface area contributed by atoms with E-state index in [-0.39, 0.29) is 37.7 Å². The molecular formula is C24H31Cl2N3O4S. The van der Waals surface area contributed by atoms with Crippen LogP contribution in [0.5, 0.6) is 0 Å². The monoisotopic (exact) mass is 527 g/mol. The number of benzene rings is 2. The van der Waals surface area contributed by atoms with Gasteiger partial charge in [-0.25, -0.2) is 8.42 Å². The fraction of sp³-hybridized carbons (Fsp3) is 0.417. The lowest BCUT2D eigenvalue weighted by Gasteiger charge is -2.29. The standard InChI is InChI=1S/C24H31Cl2N3O4S/c1-16-11-12-19(14-17(16)2)29(34(5,32)33)13-7-10-23(30)28(18(3)24(31)27-4)15-20-21(25)8-6-9-22(20)26/h6,8-9,11-12,14,18H,7,10,13,15H2,1-5H3,(H,27,31). The van der Waals surface area contributed by atoms with Gasteiger partial charge in [-0.3, -0.25) is 13.9 Å². The van der Waals surface area contributed by atoms with Crippen LogP contribution in [0.1, 0.15) is 36.5 Å². The van der Waals surface area contributed by atoms with E-state index in [0.29, 0.717) is 21.3 Å². The Morgan fingerprint density at radius 2 is 1.68 bits per heavy atom. The van der Waals surface area contributed by atoms with Crippen molar-refractivity contribution in [2.45, 2.75) is 46.2 Å². The van der Waals surface area contributed by atoms with Gasteiger partial charge in [0.25, 0.3) is 0 Å². The fourth-order valence-corrected chi connectivity index (χ4v) is 5.00. The van der Waals surface area contributed by atoms with E-state index in [1.165, 1.54) is 16.3 Å². The van der Waals surface area contributed by atoms with Gasteiger partial charge in [0.15, 0.2) is 0 Å². The number of carbonyl (C=O) groups excluding carboxylic acids is 2. The van der Waals surface area contributed by atoms with Crippen molar-refractivity contribution in [2.24, 2.45) is 0 Å². The Morgan fingerprint density at radius 3 is 2.21 bits per heavy atom. The number of carbonyl (C=O) groups is 2. The number of likely N-dealkylation sites (N-methyl/N-ethyl adjacent to an activating group) is 1. The Hall–Kier alpha value is -2.29. The smallest absolute Gasteiger partial charge is 0.242 e. The van der Waals surface area contributed by atoms with Crippen LogP contribution in [0.3, 0.4) is 0 Å². The van der Waals surface area contributed by atoms with Crippen molar-refractivity contribution in [3.05, 3.63) is 63.1 Å². The molecule has 2 amide bonds. The van der Waals surface area contributed by atoms with E-state index in [1.807, 2.05) is 26.0 Å². The maximum Gasteiger partial charge on any atom is 0.242 e. The van der Waals surface area contributed by atoms with Gasteiger partial charge in [-0.05, 0) is 62.6 Å². The summed E-state index contributed by atoms with van der Waals surface area (Å²) in [6, 6.07) is 9.72. The molecule has 10 heteroatoms. The van der Waals surface area contributed by atoms with Gasteiger partial charge in [0, 0.05) is 42.2 Å². The number of nitrogens with zero attached hydrogens (tertiary/aromatic N) is 2. The highest BCUT2D eigenvalue weighted by Crippen LogP contribution is 2.27. The van der Waals surface area contributed by atoms with E-state index >= 15 is 0 Å². The van der Waals surface area contributed by atoms with Gasteiger partial charge < -0.3 is 10.2 Å². The van der Waals surface area contributed by atoms with Gasteiger partial charge in [0.1, 0.15) is 6.04 Å². The minimum absolute atomic E-state index is 0.0419. The summed E-state index contributed by atoms with van der Waals surface area (Å²) in [5.74, 6) is -0.634. The lowest BCUT2D eigenvalue weighted by Crippen LogP contribution is -2.47. The summed E-state index contributed by atoms with van der Waals surface area (Å²) in [4.78, 5) is 26.9. The molecule has 1 N–H and O–H groups in total. The molecule has 2 rings (SSSR count). The largest absolute Gasteiger partial charge is 0.357 e. The first-order chi connectivity index (χ1) is 15.9. The van der Waals surface area contributed by atoms with Crippen molar-refractivity contribution in [1.29, 1.82) is 0 Å². The highest BCUT2D eigenvalue weighted by molar-refractivity contribution is 7.92. The third kappa shape index (κ3) is 7.10. The zero-order valence-electron chi connectivity index (χ0n) is 20.1. The number of rotatable bonds is 10. The molecule has 0 aliphatic heterocycles. The van der Waals surface area contributed by atoms with Crippen molar-refractivity contribution in [1.82, 2.24) is 10.2 Å². The van der Waals surface area contributed by atoms with Crippen molar-refractivity contribution in [2.75, 3.05) is 24.2 Å². The van der Waals surface area contributed by atoms with Crippen LogP contribution < -0.4 is 9.62 Å². The van der Waals surface area contributed by atoms with Gasteiger partial charge in [-0.2, -0.15) is 0 Å². The molecule has 2 aromatic rings. The summed E-state index contributed by atoms with van der Waals surface area (Å²) in [6.07, 6.45) is 1.45. The molecule has 2 aromatic carbocycles. The molecule has 0 bridgehead atoms. The van der Waals surface area contributed by atoms with E-state index in [9.17, 15) is 18.0 Å². The number of aryl methyl sites for hydroxylation is 2. The second-order valence-electron chi connectivity index (χ2n) is 8.22. The molecule has 0 saturated carbocycles. The third-order valence-electron chi connectivity index (χ3n) is 5.73. The van der Waals surface area contributed by atoms with Crippen LogP contribution in [0.25, 0.3) is 0 Å². The predicted molar refractivity (Wildman–Crippen MR) is 138 cm³/mol. The number of nitrogens with one attached hydrogen (secondary N) is 1. The number of amides is 2. The SMILES string of the molecule is CNC(=O)C(C)N(Cc1c(Cl)cccc1Cl)C(=O)CCCN(c1ccc(C)c(C)c1)S(C)(=O)=O. The van der Waals surface area contributed by atoms with Crippen LogP contribution in [0.2, 0.25) is 10.0 Å². The Bertz CT molecular complexity index is 1130. The predicted octanol–water partition coefficient (Wildman–Crippen LogP) is 4.32. The molecule has 0 aromatic heterocycles. The van der Waals surface area contributed by atoms with Crippen LogP contribution in [-0.4, -0.2) is 51.0 Å². The minimum atomic E-state index is -3.55. The molecule has 0 saturated heterocycles. The molecule has 0 heterocycles. The summed E-state index contributed by atoms with van der Waals surface area (Å²) < 4.78 is 26.2. The first kappa shape index (κ1) is 28.0. The topological polar surface area (TPSA) is 86.8 Å². The normalized spacial score (nSPS) is 12.2. The van der Waals surface area contributed by atoms with Gasteiger partial charge >= 0.3 is 0 Å². The Labute approximate surface area is 212 Å². The van der Waals surface area contributed by atoms with Crippen molar-refractivity contribution >= 4 is 50.7 Å². The Morgan fingerprint density at radius 1 is 1.06 bits per heavy atom. The number of hydrogen-bond acceptors (Lipinski definition) is 4. The van der Waals surface area contributed by atoms with Crippen LogP contribution in [0, 0.1) is 13.8 Å². The maximum atomic E-state index is 13.2. The molecule has 0 radical (unpaired) electrons. The second-order valence-corrected chi connectivity index (χ2v) is 10.9. The molecule has 34 heavy (non-hydrogen) atoms. The van der Waals surface area contributed by atoms with Crippen LogP contribution in [0.15, 0.2) is 36.4 Å². The van der Waals surface area contributed by atoms with E-state index in [4.69, 9.17) is 23.2 Å². The van der Waals surface area contributed by atoms with E-state index < -0.39 is 16.1 Å². The summed E-state index contributed by atoms with van der Waals surface area (Å²) in [5.41, 5.74) is 3.13.